The van der Waals surface area contributed by atoms with Gasteiger partial charge >= 0.3 is 0 Å². The van der Waals surface area contributed by atoms with Gasteiger partial charge in [0.1, 0.15) is 0 Å². The molecule has 1 heterocycles. The molecule has 4 nitrogen and oxygen atoms in total. The van der Waals surface area contributed by atoms with Crippen LogP contribution >= 0.6 is 0 Å². The molecule has 1 unspecified atom stereocenters. The lowest BCUT2D eigenvalue weighted by Crippen LogP contribution is -2.38. The van der Waals surface area contributed by atoms with E-state index in [0.717, 1.165) is 12.8 Å². The molecule has 0 saturated carbocycles. The van der Waals surface area contributed by atoms with Gasteiger partial charge in [0.25, 0.3) is 0 Å². The van der Waals surface area contributed by atoms with Crippen molar-refractivity contribution < 1.29 is 0 Å². The molecule has 1 aromatic carbocycles. The van der Waals surface area contributed by atoms with Gasteiger partial charge in [0.05, 0.1) is 6.20 Å². The summed E-state index contributed by atoms with van der Waals surface area (Å²) in [4.78, 5) is 0. The summed E-state index contributed by atoms with van der Waals surface area (Å²) >= 11 is 0. The second-order valence-corrected chi connectivity index (χ2v) is 5.22. The smallest absolute Gasteiger partial charge is 0.0522 e. The van der Waals surface area contributed by atoms with Crippen molar-refractivity contribution in [3.05, 3.63) is 52.8 Å². The third-order valence-electron chi connectivity index (χ3n) is 3.45. The number of hydrogen-bond acceptors (Lipinski definition) is 3. The highest BCUT2D eigenvalue weighted by molar-refractivity contribution is 5.31. The van der Waals surface area contributed by atoms with Gasteiger partial charge in [-0.25, -0.2) is 0 Å². The fourth-order valence-electron chi connectivity index (χ4n) is 2.34. The molecule has 0 aliphatic heterocycles. The first kappa shape index (κ1) is 13.8. The summed E-state index contributed by atoms with van der Waals surface area (Å²) in [5.41, 5.74) is 8.08. The maximum Gasteiger partial charge on any atom is 0.0522 e. The highest BCUT2D eigenvalue weighted by atomic mass is 15.2. The minimum atomic E-state index is 0.227. The predicted octanol–water partition coefficient (Wildman–Crippen LogP) is 1.65. The van der Waals surface area contributed by atoms with Crippen LogP contribution in [0.2, 0.25) is 0 Å². The Balaban J connectivity index is 2.08. The Morgan fingerprint density at radius 3 is 2.74 bits per heavy atom. The molecule has 0 aliphatic rings. The van der Waals surface area contributed by atoms with E-state index in [4.69, 9.17) is 5.84 Å². The van der Waals surface area contributed by atoms with Crippen molar-refractivity contribution >= 4 is 0 Å². The molecule has 1 atom stereocenters. The van der Waals surface area contributed by atoms with Crippen molar-refractivity contribution in [2.75, 3.05) is 0 Å². The Bertz CT molecular complexity index is 545. The van der Waals surface area contributed by atoms with Crippen LogP contribution in [0.4, 0.5) is 0 Å². The van der Waals surface area contributed by atoms with Crippen molar-refractivity contribution in [1.29, 1.82) is 0 Å². The van der Waals surface area contributed by atoms with E-state index >= 15 is 0 Å². The van der Waals surface area contributed by atoms with Gasteiger partial charge in [0, 0.05) is 19.3 Å². The molecule has 102 valence electrons. The van der Waals surface area contributed by atoms with Crippen LogP contribution in [-0.4, -0.2) is 15.8 Å². The van der Waals surface area contributed by atoms with Gasteiger partial charge < -0.3 is 0 Å². The first-order valence-electron chi connectivity index (χ1n) is 6.58. The third kappa shape index (κ3) is 3.66. The normalized spacial score (nSPS) is 12.6. The second kappa shape index (κ2) is 5.99. The second-order valence-electron chi connectivity index (χ2n) is 5.22. The van der Waals surface area contributed by atoms with Gasteiger partial charge in [-0.1, -0.05) is 23.8 Å². The molecule has 0 saturated heterocycles. The number of rotatable bonds is 5. The summed E-state index contributed by atoms with van der Waals surface area (Å²) in [7, 11) is 1.93. The van der Waals surface area contributed by atoms with E-state index in [-0.39, 0.29) is 6.04 Å². The van der Waals surface area contributed by atoms with E-state index in [1.54, 1.807) is 0 Å². The number of aromatic nitrogens is 2. The van der Waals surface area contributed by atoms with Crippen molar-refractivity contribution in [2.24, 2.45) is 12.9 Å². The zero-order chi connectivity index (χ0) is 13.8. The SMILES string of the molecule is Cc1ccc(C)c(CC(Cc2cnn(C)c2)NN)c1. The van der Waals surface area contributed by atoms with Crippen LogP contribution in [0, 0.1) is 13.8 Å². The number of hydrazine groups is 1. The Hall–Kier alpha value is -1.65. The fourth-order valence-corrected chi connectivity index (χ4v) is 2.34. The van der Waals surface area contributed by atoms with Crippen molar-refractivity contribution in [3.8, 4) is 0 Å². The molecule has 0 amide bonds. The number of benzene rings is 1. The average Bonchev–Trinajstić information content (AvgIpc) is 2.78. The number of nitrogens with one attached hydrogen (secondary N) is 1. The summed E-state index contributed by atoms with van der Waals surface area (Å²) in [5, 5.41) is 4.19. The van der Waals surface area contributed by atoms with Gasteiger partial charge in [0.2, 0.25) is 0 Å². The zero-order valence-electron chi connectivity index (χ0n) is 11.9. The first-order valence-corrected chi connectivity index (χ1v) is 6.58. The number of aryl methyl sites for hydroxylation is 3. The van der Waals surface area contributed by atoms with E-state index in [2.05, 4.69) is 42.6 Å². The van der Waals surface area contributed by atoms with Gasteiger partial charge in [-0.2, -0.15) is 5.10 Å². The monoisotopic (exact) mass is 258 g/mol. The molecule has 3 N–H and O–H groups in total. The van der Waals surface area contributed by atoms with Crippen LogP contribution in [0.15, 0.2) is 30.6 Å². The van der Waals surface area contributed by atoms with Gasteiger partial charge in [-0.15, -0.1) is 0 Å². The zero-order valence-corrected chi connectivity index (χ0v) is 11.9. The molecular weight excluding hydrogens is 236 g/mol. The predicted molar refractivity (Wildman–Crippen MR) is 77.6 cm³/mol. The lowest BCUT2D eigenvalue weighted by molar-refractivity contribution is 0.521. The standard InChI is InChI=1S/C15H22N4/c1-11-4-5-12(2)14(6-11)8-15(18-16)7-13-9-17-19(3)10-13/h4-6,9-10,15,18H,7-8,16H2,1-3H3. The number of nitrogens with two attached hydrogens (primary N) is 1. The van der Waals surface area contributed by atoms with E-state index in [9.17, 15) is 0 Å². The first-order chi connectivity index (χ1) is 9.08. The van der Waals surface area contributed by atoms with E-state index < -0.39 is 0 Å². The van der Waals surface area contributed by atoms with Crippen LogP contribution in [0.25, 0.3) is 0 Å². The van der Waals surface area contributed by atoms with Crippen molar-refractivity contribution in [2.45, 2.75) is 32.7 Å². The quantitative estimate of drug-likeness (QED) is 0.633. The summed E-state index contributed by atoms with van der Waals surface area (Å²) in [5.74, 6) is 5.69. The Morgan fingerprint density at radius 2 is 2.11 bits per heavy atom. The molecule has 2 rings (SSSR count). The van der Waals surface area contributed by atoms with Crippen LogP contribution in [0.1, 0.15) is 22.3 Å². The van der Waals surface area contributed by atoms with E-state index in [0.29, 0.717) is 0 Å². The Kier molecular flexibility index (Phi) is 4.35. The molecule has 0 radical (unpaired) electrons. The fraction of sp³-hybridized carbons (Fsp3) is 0.400. The topological polar surface area (TPSA) is 55.9 Å². The highest BCUT2D eigenvalue weighted by Gasteiger charge is 2.11. The average molecular weight is 258 g/mol. The largest absolute Gasteiger partial charge is 0.276 e. The van der Waals surface area contributed by atoms with E-state index in [1.165, 1.54) is 22.3 Å². The Morgan fingerprint density at radius 1 is 1.32 bits per heavy atom. The summed E-state index contributed by atoms with van der Waals surface area (Å²) in [6.07, 6.45) is 5.75. The van der Waals surface area contributed by atoms with Gasteiger partial charge in [0.15, 0.2) is 0 Å². The molecule has 1 aromatic heterocycles. The summed E-state index contributed by atoms with van der Waals surface area (Å²) < 4.78 is 1.82. The van der Waals surface area contributed by atoms with Crippen molar-refractivity contribution in [1.82, 2.24) is 15.2 Å². The molecule has 0 bridgehead atoms. The van der Waals surface area contributed by atoms with Crippen LogP contribution in [-0.2, 0) is 19.9 Å². The maximum absolute atomic E-state index is 5.69. The van der Waals surface area contributed by atoms with Crippen LogP contribution in [0.3, 0.4) is 0 Å². The van der Waals surface area contributed by atoms with Gasteiger partial charge in [-0.3, -0.25) is 16.0 Å². The lowest BCUT2D eigenvalue weighted by atomic mass is 9.96. The molecule has 19 heavy (non-hydrogen) atoms. The van der Waals surface area contributed by atoms with Crippen LogP contribution < -0.4 is 11.3 Å². The minimum Gasteiger partial charge on any atom is -0.276 e. The summed E-state index contributed by atoms with van der Waals surface area (Å²) in [6, 6.07) is 6.78. The third-order valence-corrected chi connectivity index (χ3v) is 3.45. The molecule has 0 aliphatic carbocycles. The number of nitrogens with zero attached hydrogens (tertiary/aromatic N) is 2. The number of hydrogen-bond donors (Lipinski definition) is 2. The molecule has 0 fully saturated rings. The van der Waals surface area contributed by atoms with Gasteiger partial charge in [-0.05, 0) is 43.4 Å². The van der Waals surface area contributed by atoms with E-state index in [1.807, 2.05) is 24.1 Å². The van der Waals surface area contributed by atoms with Crippen molar-refractivity contribution in [3.63, 3.8) is 0 Å². The molecular formula is C15H22N4. The minimum absolute atomic E-state index is 0.227. The molecule has 4 heteroatoms. The highest BCUT2D eigenvalue weighted by Crippen LogP contribution is 2.14. The Labute approximate surface area is 114 Å². The summed E-state index contributed by atoms with van der Waals surface area (Å²) in [6.45, 7) is 4.27. The van der Waals surface area contributed by atoms with Crippen LogP contribution in [0.5, 0.6) is 0 Å². The maximum atomic E-state index is 5.69. The molecule has 2 aromatic rings. The molecule has 0 spiro atoms. The lowest BCUT2D eigenvalue weighted by Gasteiger charge is -2.17.